The van der Waals surface area contributed by atoms with E-state index in [2.05, 4.69) is 5.32 Å². The van der Waals surface area contributed by atoms with Crippen molar-refractivity contribution in [3.8, 4) is 0 Å². The van der Waals surface area contributed by atoms with E-state index >= 15 is 0 Å². The van der Waals surface area contributed by atoms with Crippen LogP contribution in [-0.2, 0) is 9.59 Å². The molecule has 0 saturated carbocycles. The number of nitrogens with zero attached hydrogens (tertiary/aromatic N) is 2. The third-order valence-electron chi connectivity index (χ3n) is 5.26. The van der Waals surface area contributed by atoms with Gasteiger partial charge in [-0.2, -0.15) is 0 Å². The molecular weight excluding hydrogens is 361 g/mol. The van der Waals surface area contributed by atoms with Crippen molar-refractivity contribution in [2.24, 2.45) is 5.92 Å². The molecule has 28 heavy (non-hydrogen) atoms. The molecule has 0 spiro atoms. The first-order valence-corrected chi connectivity index (χ1v) is 9.28. The molecule has 0 bridgehead atoms. The van der Waals surface area contributed by atoms with Crippen molar-refractivity contribution in [2.75, 3.05) is 29.9 Å². The fourth-order valence-corrected chi connectivity index (χ4v) is 3.75. The summed E-state index contributed by atoms with van der Waals surface area (Å²) < 4.78 is 13.0. The summed E-state index contributed by atoms with van der Waals surface area (Å²) in [5.74, 6) is -1.08. The molecule has 0 aliphatic carbocycles. The van der Waals surface area contributed by atoms with Gasteiger partial charge in [-0.05, 0) is 49.2 Å². The van der Waals surface area contributed by atoms with Gasteiger partial charge in [0.25, 0.3) is 5.91 Å². The Morgan fingerprint density at radius 2 is 1.68 bits per heavy atom. The van der Waals surface area contributed by atoms with Crippen LogP contribution in [-0.4, -0.2) is 42.3 Å². The number of nitrogens with one attached hydrogen (secondary N) is 1. The minimum atomic E-state index is -0.383. The third-order valence-corrected chi connectivity index (χ3v) is 5.26. The van der Waals surface area contributed by atoms with Gasteiger partial charge in [0.1, 0.15) is 12.4 Å². The quantitative estimate of drug-likeness (QED) is 0.870. The third kappa shape index (κ3) is 3.47. The van der Waals surface area contributed by atoms with E-state index in [1.165, 1.54) is 29.2 Å². The lowest BCUT2D eigenvalue weighted by molar-refractivity contribution is -0.125. The van der Waals surface area contributed by atoms with Crippen LogP contribution in [0.2, 0.25) is 0 Å². The van der Waals surface area contributed by atoms with Gasteiger partial charge in [-0.3, -0.25) is 14.4 Å². The predicted octanol–water partition coefficient (Wildman–Crippen LogP) is 2.66. The standard InChI is InChI=1S/C21H20FN3O3/c22-16-7-5-14(6-8-16)20(27)24-11-9-15(10-12-24)21(28)25-13-19(26)23-17-3-1-2-4-18(17)25/h1-8,15H,9-13H2,(H,23,26). The average molecular weight is 381 g/mol. The molecule has 0 radical (unpaired) electrons. The summed E-state index contributed by atoms with van der Waals surface area (Å²) >= 11 is 0. The molecule has 1 fully saturated rings. The summed E-state index contributed by atoms with van der Waals surface area (Å²) in [6.45, 7) is 0.910. The number of fused-ring (bicyclic) bond motifs is 1. The maximum atomic E-state index is 13.0. The van der Waals surface area contributed by atoms with E-state index in [0.717, 1.165) is 0 Å². The van der Waals surface area contributed by atoms with Crippen LogP contribution < -0.4 is 10.2 Å². The van der Waals surface area contributed by atoms with Gasteiger partial charge in [-0.15, -0.1) is 0 Å². The molecule has 7 heteroatoms. The zero-order chi connectivity index (χ0) is 19.7. The molecule has 1 N–H and O–H groups in total. The molecule has 3 amide bonds. The largest absolute Gasteiger partial charge is 0.339 e. The molecule has 144 valence electrons. The van der Waals surface area contributed by atoms with Crippen molar-refractivity contribution in [3.63, 3.8) is 0 Å². The number of carbonyl (C=O) groups is 3. The molecule has 2 aliphatic heterocycles. The zero-order valence-electron chi connectivity index (χ0n) is 15.2. The summed E-state index contributed by atoms with van der Waals surface area (Å²) in [4.78, 5) is 40.8. The van der Waals surface area contributed by atoms with Crippen molar-refractivity contribution in [1.29, 1.82) is 0 Å². The summed E-state index contributed by atoms with van der Waals surface area (Å²) in [6, 6.07) is 12.7. The van der Waals surface area contributed by atoms with Gasteiger partial charge in [0.05, 0.1) is 11.4 Å². The number of piperidine rings is 1. The Balaban J connectivity index is 1.43. The highest BCUT2D eigenvalue weighted by molar-refractivity contribution is 6.10. The lowest BCUT2D eigenvalue weighted by Crippen LogP contribution is -2.48. The number of hydrogen-bond donors (Lipinski definition) is 1. The molecular formula is C21H20FN3O3. The van der Waals surface area contributed by atoms with E-state index in [0.29, 0.717) is 42.9 Å². The number of halogens is 1. The van der Waals surface area contributed by atoms with Crippen LogP contribution in [0.25, 0.3) is 0 Å². The Kier molecular flexibility index (Phi) is 4.81. The molecule has 0 atom stereocenters. The lowest BCUT2D eigenvalue weighted by atomic mass is 9.94. The van der Waals surface area contributed by atoms with Crippen molar-refractivity contribution < 1.29 is 18.8 Å². The Bertz CT molecular complexity index is 921. The second-order valence-electron chi connectivity index (χ2n) is 7.06. The maximum absolute atomic E-state index is 13.0. The highest BCUT2D eigenvalue weighted by atomic mass is 19.1. The first-order chi connectivity index (χ1) is 13.5. The fourth-order valence-electron chi connectivity index (χ4n) is 3.75. The number of anilines is 2. The van der Waals surface area contributed by atoms with Gasteiger partial charge in [0.2, 0.25) is 11.8 Å². The summed E-state index contributed by atoms with van der Waals surface area (Å²) in [5, 5.41) is 2.78. The second kappa shape index (κ2) is 7.42. The predicted molar refractivity (Wildman–Crippen MR) is 102 cm³/mol. The number of amides is 3. The maximum Gasteiger partial charge on any atom is 0.253 e. The van der Waals surface area contributed by atoms with Crippen molar-refractivity contribution in [3.05, 3.63) is 59.9 Å². The highest BCUT2D eigenvalue weighted by Gasteiger charge is 2.34. The normalized spacial score (nSPS) is 17.1. The first-order valence-electron chi connectivity index (χ1n) is 9.28. The fraction of sp³-hybridized carbons (Fsp3) is 0.286. The van der Waals surface area contributed by atoms with Crippen LogP contribution in [0.3, 0.4) is 0 Å². The van der Waals surface area contributed by atoms with Crippen LogP contribution in [0, 0.1) is 11.7 Å². The number of hydrogen-bond acceptors (Lipinski definition) is 3. The van der Waals surface area contributed by atoms with E-state index in [-0.39, 0.29) is 36.0 Å². The highest BCUT2D eigenvalue weighted by Crippen LogP contribution is 2.32. The summed E-state index contributed by atoms with van der Waals surface area (Å²) in [7, 11) is 0. The van der Waals surface area contributed by atoms with E-state index in [1.807, 2.05) is 18.2 Å². The van der Waals surface area contributed by atoms with Crippen LogP contribution in [0.4, 0.5) is 15.8 Å². The first kappa shape index (κ1) is 18.2. The van der Waals surface area contributed by atoms with Gasteiger partial charge in [0.15, 0.2) is 0 Å². The van der Waals surface area contributed by atoms with Gasteiger partial charge in [0, 0.05) is 24.6 Å². The number of benzene rings is 2. The van der Waals surface area contributed by atoms with Gasteiger partial charge < -0.3 is 15.1 Å². The van der Waals surface area contributed by atoms with Crippen molar-refractivity contribution >= 4 is 29.1 Å². The monoisotopic (exact) mass is 381 g/mol. The number of likely N-dealkylation sites (tertiary alicyclic amines) is 1. The Morgan fingerprint density at radius 3 is 2.39 bits per heavy atom. The van der Waals surface area contributed by atoms with Crippen LogP contribution in [0.1, 0.15) is 23.2 Å². The average Bonchev–Trinajstić information content (AvgIpc) is 2.73. The number of rotatable bonds is 2. The molecule has 0 unspecified atom stereocenters. The molecule has 1 saturated heterocycles. The smallest absolute Gasteiger partial charge is 0.253 e. The van der Waals surface area contributed by atoms with E-state index in [4.69, 9.17) is 0 Å². The summed E-state index contributed by atoms with van der Waals surface area (Å²) in [6.07, 6.45) is 1.07. The van der Waals surface area contributed by atoms with Gasteiger partial charge in [-0.25, -0.2) is 4.39 Å². The zero-order valence-corrected chi connectivity index (χ0v) is 15.2. The number of para-hydroxylation sites is 2. The molecule has 6 nitrogen and oxygen atoms in total. The molecule has 2 aromatic rings. The van der Waals surface area contributed by atoms with E-state index in [9.17, 15) is 18.8 Å². The van der Waals surface area contributed by atoms with Crippen LogP contribution in [0.15, 0.2) is 48.5 Å². The Morgan fingerprint density at radius 1 is 1.00 bits per heavy atom. The van der Waals surface area contributed by atoms with Crippen LogP contribution in [0.5, 0.6) is 0 Å². The molecule has 2 heterocycles. The van der Waals surface area contributed by atoms with Crippen molar-refractivity contribution in [2.45, 2.75) is 12.8 Å². The van der Waals surface area contributed by atoms with Crippen molar-refractivity contribution in [1.82, 2.24) is 4.90 Å². The Labute approximate surface area is 161 Å². The van der Waals surface area contributed by atoms with E-state index < -0.39 is 0 Å². The van der Waals surface area contributed by atoms with Crippen LogP contribution >= 0.6 is 0 Å². The topological polar surface area (TPSA) is 69.7 Å². The lowest BCUT2D eigenvalue weighted by Gasteiger charge is -2.36. The summed E-state index contributed by atoms with van der Waals surface area (Å²) in [5.41, 5.74) is 1.78. The van der Waals surface area contributed by atoms with Gasteiger partial charge >= 0.3 is 0 Å². The van der Waals surface area contributed by atoms with Gasteiger partial charge in [-0.1, -0.05) is 12.1 Å². The second-order valence-corrected chi connectivity index (χ2v) is 7.06. The molecule has 0 aromatic heterocycles. The number of carbonyl (C=O) groups excluding carboxylic acids is 3. The molecule has 4 rings (SSSR count). The van der Waals surface area contributed by atoms with E-state index in [1.54, 1.807) is 11.0 Å². The minimum absolute atomic E-state index is 0.00453. The molecule has 2 aliphatic rings. The minimum Gasteiger partial charge on any atom is -0.339 e. The molecule has 2 aromatic carbocycles. The SMILES string of the molecule is O=C1CN(C(=O)C2CCN(C(=O)c3ccc(F)cc3)CC2)c2ccccc2N1. The Hall–Kier alpha value is -3.22.